The van der Waals surface area contributed by atoms with Gasteiger partial charge >= 0.3 is 0 Å². The summed E-state index contributed by atoms with van der Waals surface area (Å²) in [5, 5.41) is 21.9. The molecule has 23 heavy (non-hydrogen) atoms. The average molecular weight is 316 g/mol. The lowest BCUT2D eigenvalue weighted by Crippen LogP contribution is -1.98. The molecule has 0 saturated carbocycles. The Morgan fingerprint density at radius 2 is 1.61 bits per heavy atom. The van der Waals surface area contributed by atoms with Gasteiger partial charge in [0.25, 0.3) is 11.4 Å². The lowest BCUT2D eigenvalue weighted by molar-refractivity contribution is -0.394. The molecule has 0 heterocycles. The smallest absolute Gasteiger partial charge is 0.280 e. The zero-order chi connectivity index (χ0) is 17.0. The standard InChI is InChI=1S/C16H16N2O5/c1-3-11(2)15-6-4-5-7-16(15)23-14-9-12(17(19)20)8-13(10-14)18(21)22/h4-11H,3H2,1-2H3. The lowest BCUT2D eigenvalue weighted by Gasteiger charge is -2.15. The zero-order valence-electron chi connectivity index (χ0n) is 12.8. The normalized spacial score (nSPS) is 11.7. The quantitative estimate of drug-likeness (QED) is 0.563. The number of para-hydroxylation sites is 1. The summed E-state index contributed by atoms with van der Waals surface area (Å²) in [5.41, 5.74) is 0.189. The van der Waals surface area contributed by atoms with Gasteiger partial charge in [0.1, 0.15) is 11.5 Å². The Labute approximate surface area is 132 Å². The van der Waals surface area contributed by atoms with Gasteiger partial charge in [-0.1, -0.05) is 32.0 Å². The second-order valence-corrected chi connectivity index (χ2v) is 5.15. The van der Waals surface area contributed by atoms with Gasteiger partial charge in [0.2, 0.25) is 0 Å². The van der Waals surface area contributed by atoms with E-state index in [4.69, 9.17) is 4.74 Å². The van der Waals surface area contributed by atoms with Crippen molar-refractivity contribution in [3.8, 4) is 11.5 Å². The van der Waals surface area contributed by atoms with Gasteiger partial charge in [0.15, 0.2) is 0 Å². The van der Waals surface area contributed by atoms with E-state index < -0.39 is 9.85 Å². The van der Waals surface area contributed by atoms with E-state index in [9.17, 15) is 20.2 Å². The molecule has 0 spiro atoms. The number of nitro benzene ring substituents is 2. The average Bonchev–Trinajstić information content (AvgIpc) is 2.54. The van der Waals surface area contributed by atoms with E-state index in [2.05, 4.69) is 0 Å². The minimum Gasteiger partial charge on any atom is -0.457 e. The number of hydrogen-bond donors (Lipinski definition) is 0. The summed E-state index contributed by atoms with van der Waals surface area (Å²) in [5.74, 6) is 0.846. The van der Waals surface area contributed by atoms with Crippen LogP contribution in [0.2, 0.25) is 0 Å². The number of nitrogens with zero attached hydrogens (tertiary/aromatic N) is 2. The molecule has 0 aromatic heterocycles. The van der Waals surface area contributed by atoms with Gasteiger partial charge < -0.3 is 4.74 Å². The molecule has 0 fully saturated rings. The van der Waals surface area contributed by atoms with Gasteiger partial charge in [-0.05, 0) is 24.0 Å². The van der Waals surface area contributed by atoms with E-state index in [1.807, 2.05) is 26.0 Å². The molecule has 0 aliphatic rings. The maximum absolute atomic E-state index is 10.9. The lowest BCUT2D eigenvalue weighted by atomic mass is 9.98. The first-order chi connectivity index (χ1) is 10.9. The molecule has 2 aromatic rings. The minimum atomic E-state index is -0.680. The molecular formula is C16H16N2O5. The van der Waals surface area contributed by atoms with E-state index in [0.717, 1.165) is 18.1 Å². The van der Waals surface area contributed by atoms with Crippen LogP contribution in [0.15, 0.2) is 42.5 Å². The highest BCUT2D eigenvalue weighted by Gasteiger charge is 2.18. The van der Waals surface area contributed by atoms with Crippen LogP contribution >= 0.6 is 0 Å². The Hall–Kier alpha value is -2.96. The summed E-state index contributed by atoms with van der Waals surface area (Å²) in [6, 6.07) is 10.6. The van der Waals surface area contributed by atoms with Crippen molar-refractivity contribution in [2.24, 2.45) is 0 Å². The zero-order valence-corrected chi connectivity index (χ0v) is 12.8. The first kappa shape index (κ1) is 16.4. The summed E-state index contributed by atoms with van der Waals surface area (Å²) in [6.45, 7) is 4.08. The summed E-state index contributed by atoms with van der Waals surface area (Å²) in [7, 11) is 0. The minimum absolute atomic E-state index is 0.0710. The fourth-order valence-corrected chi connectivity index (χ4v) is 2.17. The van der Waals surface area contributed by atoms with Crippen LogP contribution in [0, 0.1) is 20.2 Å². The Bertz CT molecular complexity index is 713. The molecule has 1 unspecified atom stereocenters. The summed E-state index contributed by atoms with van der Waals surface area (Å²) < 4.78 is 5.71. The molecule has 0 radical (unpaired) electrons. The number of nitro groups is 2. The Morgan fingerprint density at radius 3 is 2.13 bits per heavy atom. The van der Waals surface area contributed by atoms with Crippen molar-refractivity contribution in [1.82, 2.24) is 0 Å². The first-order valence-corrected chi connectivity index (χ1v) is 7.13. The van der Waals surface area contributed by atoms with Crippen LogP contribution in [0.25, 0.3) is 0 Å². The van der Waals surface area contributed by atoms with E-state index >= 15 is 0 Å². The maximum Gasteiger partial charge on any atom is 0.280 e. The van der Waals surface area contributed by atoms with E-state index in [1.54, 1.807) is 12.1 Å². The van der Waals surface area contributed by atoms with Gasteiger partial charge in [0, 0.05) is 0 Å². The Balaban J connectivity index is 2.44. The molecule has 120 valence electrons. The topological polar surface area (TPSA) is 95.5 Å². The molecule has 0 aliphatic carbocycles. The highest BCUT2D eigenvalue weighted by Crippen LogP contribution is 2.35. The van der Waals surface area contributed by atoms with Crippen LogP contribution < -0.4 is 4.74 Å². The third-order valence-electron chi connectivity index (χ3n) is 3.59. The fourth-order valence-electron chi connectivity index (χ4n) is 2.17. The van der Waals surface area contributed by atoms with Crippen molar-refractivity contribution in [3.05, 3.63) is 68.3 Å². The van der Waals surface area contributed by atoms with Crippen LogP contribution in [0.4, 0.5) is 11.4 Å². The van der Waals surface area contributed by atoms with Gasteiger partial charge in [-0.2, -0.15) is 0 Å². The molecular weight excluding hydrogens is 300 g/mol. The van der Waals surface area contributed by atoms with Gasteiger partial charge in [-0.3, -0.25) is 20.2 Å². The largest absolute Gasteiger partial charge is 0.457 e. The molecule has 7 nitrogen and oxygen atoms in total. The second-order valence-electron chi connectivity index (χ2n) is 5.15. The van der Waals surface area contributed by atoms with Crippen molar-refractivity contribution in [2.75, 3.05) is 0 Å². The number of hydrogen-bond acceptors (Lipinski definition) is 5. The van der Waals surface area contributed by atoms with Gasteiger partial charge in [-0.15, -0.1) is 0 Å². The highest BCUT2D eigenvalue weighted by atomic mass is 16.6. The summed E-state index contributed by atoms with van der Waals surface area (Å²) in [6.07, 6.45) is 0.898. The third-order valence-corrected chi connectivity index (χ3v) is 3.59. The first-order valence-electron chi connectivity index (χ1n) is 7.13. The molecule has 7 heteroatoms. The number of benzene rings is 2. The van der Waals surface area contributed by atoms with Crippen molar-refractivity contribution in [3.63, 3.8) is 0 Å². The van der Waals surface area contributed by atoms with Crippen molar-refractivity contribution in [1.29, 1.82) is 0 Å². The van der Waals surface area contributed by atoms with Crippen LogP contribution in [0.5, 0.6) is 11.5 Å². The number of rotatable bonds is 6. The van der Waals surface area contributed by atoms with Gasteiger partial charge in [-0.25, -0.2) is 0 Å². The van der Waals surface area contributed by atoms with Crippen LogP contribution in [0.1, 0.15) is 31.7 Å². The fraction of sp³-hybridized carbons (Fsp3) is 0.250. The monoisotopic (exact) mass is 316 g/mol. The van der Waals surface area contributed by atoms with E-state index in [0.29, 0.717) is 5.75 Å². The van der Waals surface area contributed by atoms with Crippen molar-refractivity contribution in [2.45, 2.75) is 26.2 Å². The van der Waals surface area contributed by atoms with Crippen LogP contribution in [0.3, 0.4) is 0 Å². The second kappa shape index (κ2) is 6.87. The Morgan fingerprint density at radius 1 is 1.04 bits per heavy atom. The molecule has 2 aromatic carbocycles. The molecule has 2 rings (SSSR count). The molecule has 0 bridgehead atoms. The third kappa shape index (κ3) is 3.82. The van der Waals surface area contributed by atoms with Crippen LogP contribution in [-0.2, 0) is 0 Å². The molecule has 0 saturated heterocycles. The van der Waals surface area contributed by atoms with Crippen molar-refractivity contribution < 1.29 is 14.6 Å². The molecule has 0 aliphatic heterocycles. The molecule has 1 atom stereocenters. The number of non-ortho nitro benzene ring substituents is 2. The predicted octanol–water partition coefficient (Wildman–Crippen LogP) is 4.81. The van der Waals surface area contributed by atoms with E-state index in [1.165, 1.54) is 12.1 Å². The summed E-state index contributed by atoms with van der Waals surface area (Å²) >= 11 is 0. The Kier molecular flexibility index (Phi) is 4.90. The number of ether oxygens (including phenoxy) is 1. The molecule has 0 amide bonds. The maximum atomic E-state index is 10.9. The SMILES string of the molecule is CCC(C)c1ccccc1Oc1cc([N+](=O)[O-])cc([N+](=O)[O-])c1. The molecule has 0 N–H and O–H groups in total. The van der Waals surface area contributed by atoms with Crippen LogP contribution in [-0.4, -0.2) is 9.85 Å². The van der Waals surface area contributed by atoms with Crippen molar-refractivity contribution >= 4 is 11.4 Å². The summed E-state index contributed by atoms with van der Waals surface area (Å²) in [4.78, 5) is 20.5. The van der Waals surface area contributed by atoms with E-state index in [-0.39, 0.29) is 23.0 Å². The predicted molar refractivity (Wildman–Crippen MR) is 85.0 cm³/mol. The highest BCUT2D eigenvalue weighted by molar-refractivity contribution is 5.51. The van der Waals surface area contributed by atoms with Gasteiger partial charge in [0.05, 0.1) is 28.0 Å².